The Labute approximate surface area is 155 Å². The first-order chi connectivity index (χ1) is 11.9. The summed E-state index contributed by atoms with van der Waals surface area (Å²) in [5, 5.41) is 1.04. The molecule has 1 amide bonds. The summed E-state index contributed by atoms with van der Waals surface area (Å²) in [6, 6.07) is 10.3. The summed E-state index contributed by atoms with van der Waals surface area (Å²) in [6.45, 7) is 0.763. The SMILES string of the molecule is COc1ccc(Cl)cc1CN(C)CN1C(=O)C(=O)c2cc(Cl)ccc21. The van der Waals surface area contributed by atoms with Crippen molar-refractivity contribution in [2.24, 2.45) is 0 Å². The summed E-state index contributed by atoms with van der Waals surface area (Å²) in [5.41, 5.74) is 1.81. The van der Waals surface area contributed by atoms with E-state index in [4.69, 9.17) is 27.9 Å². The van der Waals surface area contributed by atoms with E-state index in [1.165, 1.54) is 11.0 Å². The fourth-order valence-electron chi connectivity index (χ4n) is 2.87. The summed E-state index contributed by atoms with van der Waals surface area (Å²) in [7, 11) is 3.45. The molecule has 1 aliphatic heterocycles. The van der Waals surface area contributed by atoms with E-state index in [-0.39, 0.29) is 6.67 Å². The van der Waals surface area contributed by atoms with E-state index in [0.29, 0.717) is 33.6 Å². The van der Waals surface area contributed by atoms with E-state index in [1.54, 1.807) is 31.4 Å². The number of hydrogen-bond acceptors (Lipinski definition) is 4. The van der Waals surface area contributed by atoms with Crippen LogP contribution in [0.5, 0.6) is 5.75 Å². The number of ketones is 1. The van der Waals surface area contributed by atoms with Gasteiger partial charge in [-0.2, -0.15) is 0 Å². The van der Waals surface area contributed by atoms with Gasteiger partial charge < -0.3 is 4.74 Å². The highest BCUT2D eigenvalue weighted by molar-refractivity contribution is 6.52. The third-order valence-corrected chi connectivity index (χ3v) is 4.47. The molecule has 0 aromatic heterocycles. The second-order valence-corrected chi connectivity index (χ2v) is 6.71. The van der Waals surface area contributed by atoms with Crippen LogP contribution in [0.3, 0.4) is 0 Å². The molecule has 0 N–H and O–H groups in total. The number of benzene rings is 2. The predicted octanol–water partition coefficient (Wildman–Crippen LogP) is 3.62. The molecule has 0 atom stereocenters. The highest BCUT2D eigenvalue weighted by atomic mass is 35.5. The van der Waals surface area contributed by atoms with Crippen LogP contribution in [0.15, 0.2) is 36.4 Å². The fourth-order valence-corrected chi connectivity index (χ4v) is 3.23. The molecule has 1 aliphatic rings. The minimum atomic E-state index is -0.554. The highest BCUT2D eigenvalue weighted by Crippen LogP contribution is 2.31. The van der Waals surface area contributed by atoms with Gasteiger partial charge in [0.2, 0.25) is 0 Å². The maximum Gasteiger partial charge on any atom is 0.300 e. The van der Waals surface area contributed by atoms with Crippen LogP contribution in [0.4, 0.5) is 5.69 Å². The van der Waals surface area contributed by atoms with Gasteiger partial charge in [-0.25, -0.2) is 0 Å². The first-order valence-electron chi connectivity index (χ1n) is 7.57. The fraction of sp³-hybridized carbons (Fsp3) is 0.222. The second kappa shape index (κ2) is 7.04. The number of hydrogen-bond donors (Lipinski definition) is 0. The van der Waals surface area contributed by atoms with Crippen LogP contribution in [0.25, 0.3) is 0 Å². The van der Waals surface area contributed by atoms with Crippen molar-refractivity contribution in [2.45, 2.75) is 6.54 Å². The van der Waals surface area contributed by atoms with E-state index in [9.17, 15) is 9.59 Å². The number of fused-ring (bicyclic) bond motifs is 1. The van der Waals surface area contributed by atoms with Crippen LogP contribution in [0.2, 0.25) is 10.0 Å². The molecule has 0 saturated heterocycles. The second-order valence-electron chi connectivity index (χ2n) is 5.84. The van der Waals surface area contributed by atoms with Crippen LogP contribution in [0, 0.1) is 0 Å². The van der Waals surface area contributed by atoms with Crippen LogP contribution in [-0.4, -0.2) is 37.4 Å². The summed E-state index contributed by atoms with van der Waals surface area (Å²) in [5.74, 6) is -0.374. The molecule has 2 aromatic carbocycles. The molecule has 0 saturated carbocycles. The number of methoxy groups -OCH3 is 1. The lowest BCUT2D eigenvalue weighted by molar-refractivity contribution is -0.114. The number of carbonyl (C=O) groups excluding carboxylic acids is 2. The molecular formula is C18H16Cl2N2O3. The summed E-state index contributed by atoms with van der Waals surface area (Å²) >= 11 is 12.0. The Hall–Kier alpha value is -2.08. The zero-order valence-electron chi connectivity index (χ0n) is 13.8. The van der Waals surface area contributed by atoms with E-state index in [2.05, 4.69) is 0 Å². The molecule has 0 aliphatic carbocycles. The average Bonchev–Trinajstić information content (AvgIpc) is 2.80. The average molecular weight is 379 g/mol. The molecule has 0 bridgehead atoms. The number of rotatable bonds is 5. The van der Waals surface area contributed by atoms with Crippen molar-refractivity contribution in [1.82, 2.24) is 4.90 Å². The monoisotopic (exact) mass is 378 g/mol. The summed E-state index contributed by atoms with van der Waals surface area (Å²) in [4.78, 5) is 27.8. The normalized spacial score (nSPS) is 13.6. The number of nitrogens with zero attached hydrogens (tertiary/aromatic N) is 2. The molecule has 0 unspecified atom stereocenters. The Bertz CT molecular complexity index is 854. The molecule has 25 heavy (non-hydrogen) atoms. The van der Waals surface area contributed by atoms with Crippen LogP contribution < -0.4 is 9.64 Å². The molecule has 1 heterocycles. The van der Waals surface area contributed by atoms with Gasteiger partial charge in [0.25, 0.3) is 5.78 Å². The van der Waals surface area contributed by atoms with Gasteiger partial charge in [0, 0.05) is 22.2 Å². The number of anilines is 1. The van der Waals surface area contributed by atoms with Gasteiger partial charge in [0.1, 0.15) is 5.75 Å². The lowest BCUT2D eigenvalue weighted by Gasteiger charge is -2.25. The first-order valence-corrected chi connectivity index (χ1v) is 8.33. The Kier molecular flexibility index (Phi) is 4.99. The summed E-state index contributed by atoms with van der Waals surface area (Å²) < 4.78 is 5.34. The number of carbonyl (C=O) groups is 2. The topological polar surface area (TPSA) is 49.9 Å². The van der Waals surface area contributed by atoms with Crippen molar-refractivity contribution in [3.05, 3.63) is 57.6 Å². The molecule has 0 radical (unpaired) electrons. The molecule has 3 rings (SSSR count). The van der Waals surface area contributed by atoms with Gasteiger partial charge >= 0.3 is 5.91 Å². The Morgan fingerprint density at radius 1 is 1.08 bits per heavy atom. The van der Waals surface area contributed by atoms with E-state index >= 15 is 0 Å². The molecular weight excluding hydrogens is 363 g/mol. The zero-order valence-corrected chi connectivity index (χ0v) is 15.3. The molecule has 0 spiro atoms. The maximum absolute atomic E-state index is 12.3. The molecule has 0 fully saturated rings. The number of halogens is 2. The van der Waals surface area contributed by atoms with Crippen molar-refractivity contribution >= 4 is 40.6 Å². The standard InChI is InChI=1S/C18H16Cl2N2O3/c1-21(9-11-7-12(19)4-6-16(11)25-2)10-22-15-5-3-13(20)8-14(15)17(23)18(22)24/h3-8H,9-10H2,1-2H3. The third kappa shape index (κ3) is 3.49. The van der Waals surface area contributed by atoms with Gasteiger partial charge in [-0.3, -0.25) is 19.4 Å². The van der Waals surface area contributed by atoms with Crippen LogP contribution in [-0.2, 0) is 11.3 Å². The maximum atomic E-state index is 12.3. The van der Waals surface area contributed by atoms with Crippen molar-refractivity contribution < 1.29 is 14.3 Å². The van der Waals surface area contributed by atoms with Gasteiger partial charge in [-0.15, -0.1) is 0 Å². The lowest BCUT2D eigenvalue weighted by Crippen LogP contribution is -2.39. The molecule has 2 aromatic rings. The van der Waals surface area contributed by atoms with Crippen molar-refractivity contribution in [3.63, 3.8) is 0 Å². The minimum absolute atomic E-state index is 0.259. The molecule has 130 valence electrons. The quantitative estimate of drug-likeness (QED) is 0.745. The van der Waals surface area contributed by atoms with Crippen molar-refractivity contribution in [2.75, 3.05) is 25.7 Å². The first kappa shape index (κ1) is 17.7. The smallest absolute Gasteiger partial charge is 0.300 e. The number of amides is 1. The third-order valence-electron chi connectivity index (χ3n) is 4.00. The Morgan fingerprint density at radius 3 is 2.48 bits per heavy atom. The van der Waals surface area contributed by atoms with Gasteiger partial charge in [0.05, 0.1) is 25.0 Å². The molecule has 7 heteroatoms. The summed E-state index contributed by atoms with van der Waals surface area (Å²) in [6.07, 6.45) is 0. The minimum Gasteiger partial charge on any atom is -0.496 e. The highest BCUT2D eigenvalue weighted by Gasteiger charge is 2.36. The molecule has 5 nitrogen and oxygen atoms in total. The van der Waals surface area contributed by atoms with Gasteiger partial charge in [-0.05, 0) is 43.4 Å². The zero-order chi connectivity index (χ0) is 18.1. The number of Topliss-reactive ketones (excluding diaryl/α,β-unsaturated/α-hetero) is 1. The van der Waals surface area contributed by atoms with E-state index in [0.717, 1.165) is 5.56 Å². The van der Waals surface area contributed by atoms with Crippen LogP contribution in [0.1, 0.15) is 15.9 Å². The predicted molar refractivity (Wildman–Crippen MR) is 97.6 cm³/mol. The largest absolute Gasteiger partial charge is 0.496 e. The van der Waals surface area contributed by atoms with Gasteiger partial charge in [-0.1, -0.05) is 23.2 Å². The Morgan fingerprint density at radius 2 is 1.76 bits per heavy atom. The van der Waals surface area contributed by atoms with E-state index in [1.807, 2.05) is 18.0 Å². The lowest BCUT2D eigenvalue weighted by atomic mass is 10.1. The van der Waals surface area contributed by atoms with Crippen LogP contribution >= 0.6 is 23.2 Å². The van der Waals surface area contributed by atoms with Crippen molar-refractivity contribution in [3.8, 4) is 5.75 Å². The van der Waals surface area contributed by atoms with Crippen molar-refractivity contribution in [1.29, 1.82) is 0 Å². The van der Waals surface area contributed by atoms with E-state index < -0.39 is 11.7 Å². The van der Waals surface area contributed by atoms with Gasteiger partial charge in [0.15, 0.2) is 0 Å². The number of ether oxygens (including phenoxy) is 1. The Balaban J connectivity index is 1.80.